The maximum atomic E-state index is 12.2. The van der Waals surface area contributed by atoms with E-state index < -0.39 is 57.7 Å². The van der Waals surface area contributed by atoms with E-state index in [9.17, 15) is 66.6 Å². The normalized spacial score (nSPS) is 12.2. The van der Waals surface area contributed by atoms with Crippen LogP contribution in [0.15, 0.2) is 0 Å². The number of carboxylic acid groups (broad SMARTS) is 3. The van der Waals surface area contributed by atoms with Gasteiger partial charge in [-0.3, -0.25) is 43.1 Å². The summed E-state index contributed by atoms with van der Waals surface area (Å²) < 4.78 is 47.4. The average molecular weight is 1270 g/mol. The molecule has 3 atom stereocenters. The third-order valence-electron chi connectivity index (χ3n) is 12.8. The highest BCUT2D eigenvalue weighted by molar-refractivity contribution is 7.99. The predicted octanol–water partition coefficient (Wildman–Crippen LogP) is 4.00. The number of nitrogens with one attached hydrogen (secondary N) is 6. The van der Waals surface area contributed by atoms with Crippen molar-refractivity contribution in [2.75, 3.05) is 83.7 Å². The summed E-state index contributed by atoms with van der Waals surface area (Å²) >= 11 is 1.41. The minimum absolute atomic E-state index is 0.00134. The fraction of sp³-hybridized carbons (Fsp3) is 0.804. The zero-order valence-corrected chi connectivity index (χ0v) is 52.5. The number of carbonyl (C=O) groups is 10. The van der Waals surface area contributed by atoms with Gasteiger partial charge in [0.1, 0.15) is 31.1 Å². The summed E-state index contributed by atoms with van der Waals surface area (Å²) in [5, 5.41) is 51.4. The Labute approximate surface area is 510 Å². The smallest absolute Gasteiger partial charge is 0.326 e. The molecule has 30 heteroatoms. The molecule has 5 amide bonds. The Kier molecular flexibility index (Phi) is 50.0. The number of Topliss-reactive ketones (excluding diaryl/α,β-unsaturated/α-hetero) is 2. The van der Waals surface area contributed by atoms with E-state index in [0.29, 0.717) is 44.4 Å². The van der Waals surface area contributed by atoms with Gasteiger partial charge in [0.15, 0.2) is 11.6 Å². The van der Waals surface area contributed by atoms with Crippen LogP contribution < -0.4 is 26.0 Å². The van der Waals surface area contributed by atoms with E-state index in [2.05, 4.69) is 46.6 Å². The SMILES string of the molecule is CC(CC(=O)COCCOCCNC(=O)CCCS(=O)(=O)NC(=O)CCCCCCCCCCCCCCCc1nn[nH]n1)C(=O)O.CCCC(=O)NC(CCC(=O)CCCOCCOCC(=O)NC(CCCCNC(=O)CSC)C(=O)O)C(=O)O. The van der Waals surface area contributed by atoms with Crippen molar-refractivity contribution in [1.82, 2.24) is 46.6 Å². The van der Waals surface area contributed by atoms with E-state index >= 15 is 0 Å². The highest BCUT2D eigenvalue weighted by Gasteiger charge is 2.22. The number of aryl methyl sites for hydroxylation is 1. The van der Waals surface area contributed by atoms with Crippen molar-refractivity contribution in [3.05, 3.63) is 5.82 Å². The second-order valence-corrected chi connectivity index (χ2v) is 23.4. The average Bonchev–Trinajstić information content (AvgIpc) is 4.10. The van der Waals surface area contributed by atoms with Gasteiger partial charge in [-0.2, -0.15) is 17.0 Å². The maximum Gasteiger partial charge on any atom is 0.326 e. The van der Waals surface area contributed by atoms with E-state index in [1.54, 1.807) is 0 Å². The predicted molar refractivity (Wildman–Crippen MR) is 319 cm³/mol. The molecule has 9 N–H and O–H groups in total. The molecule has 1 aromatic heterocycles. The Morgan fingerprint density at radius 3 is 1.69 bits per heavy atom. The Bertz CT molecular complexity index is 2180. The first-order valence-corrected chi connectivity index (χ1v) is 33.1. The van der Waals surface area contributed by atoms with E-state index in [-0.39, 0.29) is 152 Å². The molecule has 0 saturated heterocycles. The number of thioether (sulfide) groups is 1. The van der Waals surface area contributed by atoms with Crippen molar-refractivity contribution >= 4 is 80.8 Å². The van der Waals surface area contributed by atoms with Crippen LogP contribution in [0.3, 0.4) is 0 Å². The first-order chi connectivity index (χ1) is 41.2. The number of hydrogen-bond donors (Lipinski definition) is 9. The molecule has 1 heterocycles. The first kappa shape index (κ1) is 80.3. The summed E-state index contributed by atoms with van der Waals surface area (Å²) in [5.41, 5.74) is 0. The maximum absolute atomic E-state index is 12.2. The first-order valence-electron chi connectivity index (χ1n) is 30.1. The number of aromatic nitrogens is 4. The van der Waals surface area contributed by atoms with E-state index in [1.807, 2.05) is 13.2 Å². The number of amides is 5. The van der Waals surface area contributed by atoms with Crippen molar-refractivity contribution in [3.63, 3.8) is 0 Å². The van der Waals surface area contributed by atoms with Crippen LogP contribution in [-0.4, -0.2) is 199 Å². The van der Waals surface area contributed by atoms with Crippen molar-refractivity contribution in [1.29, 1.82) is 0 Å². The fourth-order valence-corrected chi connectivity index (χ4v) is 9.50. The lowest BCUT2D eigenvalue weighted by Gasteiger charge is -2.15. The number of carboxylic acids is 3. The van der Waals surface area contributed by atoms with Gasteiger partial charge < -0.3 is 55.5 Å². The number of ether oxygens (including phenoxy) is 4. The van der Waals surface area contributed by atoms with Gasteiger partial charge in [-0.05, 0) is 64.0 Å². The quantitative estimate of drug-likeness (QED) is 0.0416. The monoisotopic (exact) mass is 1270 g/mol. The molecular formula is C56H99N9O19S2. The van der Waals surface area contributed by atoms with Crippen LogP contribution in [0.4, 0.5) is 0 Å². The van der Waals surface area contributed by atoms with Gasteiger partial charge >= 0.3 is 17.9 Å². The topological polar surface area (TPSA) is 417 Å². The van der Waals surface area contributed by atoms with Crippen LogP contribution in [0.25, 0.3) is 0 Å². The lowest BCUT2D eigenvalue weighted by Crippen LogP contribution is -2.42. The van der Waals surface area contributed by atoms with Gasteiger partial charge in [0.05, 0.1) is 50.5 Å². The van der Waals surface area contributed by atoms with E-state index in [0.717, 1.165) is 37.9 Å². The summed E-state index contributed by atoms with van der Waals surface area (Å²) in [6.07, 6.45) is 20.4. The Morgan fingerprint density at radius 2 is 1.09 bits per heavy atom. The number of hydrogen-bond acceptors (Lipinski definition) is 20. The van der Waals surface area contributed by atoms with Gasteiger partial charge in [-0.25, -0.2) is 18.0 Å². The zero-order valence-electron chi connectivity index (χ0n) is 50.8. The molecule has 0 aliphatic rings. The molecule has 28 nitrogen and oxygen atoms in total. The lowest BCUT2D eigenvalue weighted by atomic mass is 10.0. The number of aliphatic carboxylic acids is 3. The molecule has 0 aliphatic heterocycles. The molecule has 0 aliphatic carbocycles. The van der Waals surface area contributed by atoms with Gasteiger partial charge in [0, 0.05) is 64.6 Å². The molecule has 1 aromatic rings. The number of unbranched alkanes of at least 4 members (excludes halogenated alkanes) is 13. The van der Waals surface area contributed by atoms with Crippen molar-refractivity contribution in [2.24, 2.45) is 5.92 Å². The largest absolute Gasteiger partial charge is 0.481 e. The lowest BCUT2D eigenvalue weighted by molar-refractivity contribution is -0.143. The van der Waals surface area contributed by atoms with Crippen LogP contribution in [0.2, 0.25) is 0 Å². The Balaban J connectivity index is 0.00000171. The number of aromatic amines is 1. The summed E-state index contributed by atoms with van der Waals surface area (Å²) in [6, 6.07) is -2.14. The molecule has 0 saturated carbocycles. The molecule has 494 valence electrons. The summed E-state index contributed by atoms with van der Waals surface area (Å²) in [5.74, 6) is -5.52. The van der Waals surface area contributed by atoms with E-state index in [1.165, 1.54) is 70.1 Å². The van der Waals surface area contributed by atoms with Gasteiger partial charge in [-0.15, -0.1) is 10.2 Å². The number of sulfonamides is 1. The van der Waals surface area contributed by atoms with Crippen molar-refractivity contribution < 1.29 is 90.6 Å². The number of ketones is 2. The van der Waals surface area contributed by atoms with Gasteiger partial charge in [-0.1, -0.05) is 89.7 Å². The number of rotatable bonds is 57. The second kappa shape index (κ2) is 53.5. The molecule has 86 heavy (non-hydrogen) atoms. The molecular weight excluding hydrogens is 1170 g/mol. The van der Waals surface area contributed by atoms with Crippen LogP contribution in [-0.2, 0) is 83.3 Å². The number of carbonyl (C=O) groups excluding carboxylic acids is 7. The molecule has 0 aromatic carbocycles. The van der Waals surface area contributed by atoms with Crippen LogP contribution in [0, 0.1) is 5.92 Å². The van der Waals surface area contributed by atoms with Crippen LogP contribution >= 0.6 is 11.8 Å². The molecule has 0 fully saturated rings. The zero-order chi connectivity index (χ0) is 64.1. The molecule has 0 radical (unpaired) electrons. The summed E-state index contributed by atoms with van der Waals surface area (Å²) in [6.45, 7) is 4.54. The highest BCUT2D eigenvalue weighted by atomic mass is 32.2. The van der Waals surface area contributed by atoms with E-state index in [4.69, 9.17) is 24.1 Å². The third kappa shape index (κ3) is 50.5. The highest BCUT2D eigenvalue weighted by Crippen LogP contribution is 2.14. The molecule has 3 unspecified atom stereocenters. The standard InChI is InChI=1S/C31H56N6O9S.C25H43N3O10S/c1-26(31(41)42)24-27(38)25-46-22-21-45-20-19-32-29(39)18-15-23-47(43,44)35-30(40)17-14-12-10-8-6-4-2-3-5-7-9-11-13-16-28-33-36-37-34-28;1-3-7-21(30)27-20(25(35)36)11-10-18(29)8-6-13-37-14-15-38-16-22(31)28-19(24(33)34)9-4-5-12-26-23(32)17-39-2/h26H,2-25H2,1H3,(H,32,39)(H,35,40)(H,41,42)(H,33,34,36,37);19-20H,3-17H2,1-2H3,(H,26,32)(H,27,30)(H,28,31)(H,33,34)(H,35,36). The number of nitrogens with zero attached hydrogens (tertiary/aromatic N) is 3. The minimum Gasteiger partial charge on any atom is -0.481 e. The number of H-pyrrole nitrogens is 1. The Morgan fingerprint density at radius 1 is 0.535 bits per heavy atom. The molecule has 1 rings (SSSR count). The van der Waals surface area contributed by atoms with Crippen molar-refractivity contribution in [3.8, 4) is 0 Å². The van der Waals surface area contributed by atoms with Crippen LogP contribution in [0.5, 0.6) is 0 Å². The molecule has 0 bridgehead atoms. The Hall–Kier alpha value is -5.69. The number of tetrazole rings is 1. The van der Waals surface area contributed by atoms with Crippen LogP contribution in [0.1, 0.15) is 187 Å². The second-order valence-electron chi connectivity index (χ2n) is 20.7. The summed E-state index contributed by atoms with van der Waals surface area (Å²) in [7, 11) is -3.79. The summed E-state index contributed by atoms with van der Waals surface area (Å²) in [4.78, 5) is 116. The van der Waals surface area contributed by atoms with Crippen molar-refractivity contribution in [2.45, 2.75) is 199 Å². The third-order valence-corrected chi connectivity index (χ3v) is 14.7. The molecule has 0 spiro atoms. The van der Waals surface area contributed by atoms with Gasteiger partial charge in [0.25, 0.3) is 0 Å². The van der Waals surface area contributed by atoms with Gasteiger partial charge in [0.2, 0.25) is 39.6 Å². The minimum atomic E-state index is -3.79. The fourth-order valence-electron chi connectivity index (χ4n) is 8.06.